The van der Waals surface area contributed by atoms with Crippen molar-refractivity contribution in [2.75, 3.05) is 0 Å². The molecule has 0 atom stereocenters. The number of hydrogen-bond acceptors (Lipinski definition) is 3. The van der Waals surface area contributed by atoms with Gasteiger partial charge < -0.3 is 10.1 Å². The van der Waals surface area contributed by atoms with E-state index >= 15 is 0 Å². The Labute approximate surface area is 152 Å². The summed E-state index contributed by atoms with van der Waals surface area (Å²) in [5.74, 6) is 0.629. The van der Waals surface area contributed by atoms with Crippen LogP contribution in [0.15, 0.2) is 48.5 Å². The van der Waals surface area contributed by atoms with Crippen molar-refractivity contribution in [1.82, 2.24) is 5.32 Å². The van der Waals surface area contributed by atoms with Crippen LogP contribution in [0.25, 0.3) is 10.1 Å². The lowest BCUT2D eigenvalue weighted by Crippen LogP contribution is -2.29. The van der Waals surface area contributed by atoms with Crippen LogP contribution in [0.4, 0.5) is 13.2 Å². The maximum absolute atomic E-state index is 12.6. The summed E-state index contributed by atoms with van der Waals surface area (Å²) in [5.41, 5.74) is -0.730. The first-order valence-corrected chi connectivity index (χ1v) is 8.74. The fraction of sp³-hybridized carbons (Fsp3) is 0.211. The summed E-state index contributed by atoms with van der Waals surface area (Å²) in [4.78, 5) is 12.7. The first kappa shape index (κ1) is 18.3. The molecule has 0 fully saturated rings. The molecule has 1 heterocycles. The van der Waals surface area contributed by atoms with Crippen LogP contribution in [0, 0.1) is 0 Å². The molecule has 1 N–H and O–H groups in total. The highest BCUT2D eigenvalue weighted by atomic mass is 32.1. The summed E-state index contributed by atoms with van der Waals surface area (Å²) in [6, 6.07) is 11.7. The summed E-state index contributed by atoms with van der Waals surface area (Å²) in [5, 5.41) is 3.67. The van der Waals surface area contributed by atoms with E-state index in [1.165, 1.54) is 23.5 Å². The number of fused-ring (bicyclic) bond motifs is 1. The van der Waals surface area contributed by atoms with Crippen molar-refractivity contribution in [1.29, 1.82) is 0 Å². The second-order valence-corrected chi connectivity index (χ2v) is 7.09. The monoisotopic (exact) mass is 379 g/mol. The number of amides is 1. The summed E-state index contributed by atoms with van der Waals surface area (Å²) in [6.45, 7) is 3.76. The first-order valence-electron chi connectivity index (χ1n) is 7.92. The topological polar surface area (TPSA) is 38.3 Å². The molecule has 0 aliphatic rings. The lowest BCUT2D eigenvalue weighted by molar-refractivity contribution is -0.137. The van der Waals surface area contributed by atoms with Gasteiger partial charge in [-0.3, -0.25) is 4.79 Å². The lowest BCUT2D eigenvalue weighted by Gasteiger charge is -2.09. The van der Waals surface area contributed by atoms with Crippen LogP contribution in [-0.4, -0.2) is 11.9 Å². The lowest BCUT2D eigenvalue weighted by atomic mass is 10.2. The molecular weight excluding hydrogens is 363 g/mol. The smallest absolute Gasteiger partial charge is 0.416 e. The molecule has 0 unspecified atom stereocenters. The average Bonchev–Trinajstić information content (AvgIpc) is 2.99. The van der Waals surface area contributed by atoms with Crippen LogP contribution < -0.4 is 10.1 Å². The molecule has 136 valence electrons. The fourth-order valence-corrected chi connectivity index (χ4v) is 3.41. The number of hydrogen-bond donors (Lipinski definition) is 1. The van der Waals surface area contributed by atoms with Crippen LogP contribution in [0.1, 0.15) is 29.1 Å². The number of benzene rings is 2. The van der Waals surface area contributed by atoms with Gasteiger partial charge in [0.15, 0.2) is 0 Å². The number of carbonyl (C=O) groups is 1. The summed E-state index contributed by atoms with van der Waals surface area (Å²) >= 11 is 1.28. The molecule has 0 aliphatic heterocycles. The molecular formula is C19H16F3NO2S. The van der Waals surface area contributed by atoms with E-state index in [1.807, 2.05) is 19.9 Å². The number of nitrogens with one attached hydrogen (secondary N) is 1. The highest BCUT2D eigenvalue weighted by Gasteiger charge is 2.30. The van der Waals surface area contributed by atoms with Gasteiger partial charge in [-0.1, -0.05) is 12.1 Å². The van der Waals surface area contributed by atoms with Gasteiger partial charge in [0, 0.05) is 6.04 Å². The van der Waals surface area contributed by atoms with Crippen molar-refractivity contribution in [2.24, 2.45) is 0 Å². The minimum absolute atomic E-state index is 0.0237. The van der Waals surface area contributed by atoms with Gasteiger partial charge in [-0.25, -0.2) is 0 Å². The largest absolute Gasteiger partial charge is 0.456 e. The van der Waals surface area contributed by atoms with Crippen LogP contribution in [-0.2, 0) is 6.18 Å². The van der Waals surface area contributed by atoms with Crippen molar-refractivity contribution < 1.29 is 22.7 Å². The number of alkyl halides is 3. The number of halogens is 3. The quantitative estimate of drug-likeness (QED) is 0.617. The van der Waals surface area contributed by atoms with Crippen molar-refractivity contribution >= 4 is 27.3 Å². The molecule has 26 heavy (non-hydrogen) atoms. The Balaban J connectivity index is 1.88. The van der Waals surface area contributed by atoms with Gasteiger partial charge in [0.1, 0.15) is 11.5 Å². The third kappa shape index (κ3) is 3.99. The van der Waals surface area contributed by atoms with Crippen molar-refractivity contribution in [3.63, 3.8) is 0 Å². The Hall–Kier alpha value is -2.54. The normalized spacial score (nSPS) is 11.8. The Morgan fingerprint density at radius 3 is 2.42 bits per heavy atom. The molecule has 3 rings (SSSR count). The van der Waals surface area contributed by atoms with E-state index in [1.54, 1.807) is 18.2 Å². The highest BCUT2D eigenvalue weighted by Crippen LogP contribution is 2.37. The van der Waals surface area contributed by atoms with Crippen molar-refractivity contribution in [3.05, 3.63) is 59.0 Å². The first-order chi connectivity index (χ1) is 12.2. The van der Waals surface area contributed by atoms with Gasteiger partial charge in [-0.15, -0.1) is 11.3 Å². The zero-order valence-electron chi connectivity index (χ0n) is 14.1. The minimum Gasteiger partial charge on any atom is -0.456 e. The molecule has 3 nitrogen and oxygen atoms in total. The molecule has 0 radical (unpaired) electrons. The Morgan fingerprint density at radius 2 is 1.81 bits per heavy atom. The highest BCUT2D eigenvalue weighted by molar-refractivity contribution is 7.21. The number of thiophene rings is 1. The second kappa shape index (κ2) is 6.99. The SMILES string of the molecule is CC(C)NC(=O)c1cc2cccc(Oc3ccc(C(F)(F)F)cc3)c2s1. The van der Waals surface area contributed by atoms with Crippen LogP contribution in [0.2, 0.25) is 0 Å². The van der Waals surface area contributed by atoms with Gasteiger partial charge in [0.2, 0.25) is 0 Å². The zero-order valence-corrected chi connectivity index (χ0v) is 14.9. The molecule has 0 bridgehead atoms. The maximum Gasteiger partial charge on any atom is 0.416 e. The van der Waals surface area contributed by atoms with E-state index in [0.717, 1.165) is 22.2 Å². The number of carbonyl (C=O) groups excluding carboxylic acids is 1. The van der Waals surface area contributed by atoms with Crippen molar-refractivity contribution in [2.45, 2.75) is 26.1 Å². The molecule has 2 aromatic carbocycles. The van der Waals surface area contributed by atoms with E-state index in [-0.39, 0.29) is 11.9 Å². The van der Waals surface area contributed by atoms with E-state index in [0.29, 0.717) is 16.4 Å². The molecule has 0 aliphatic carbocycles. The van der Waals surface area contributed by atoms with Crippen LogP contribution in [0.3, 0.4) is 0 Å². The van der Waals surface area contributed by atoms with E-state index in [9.17, 15) is 18.0 Å². The third-order valence-electron chi connectivity index (χ3n) is 3.56. The standard InChI is InChI=1S/C19H16F3NO2S/c1-11(2)23-18(24)16-10-12-4-3-5-15(17(12)26-16)25-14-8-6-13(7-9-14)19(20,21)22/h3-11H,1-2H3,(H,23,24). The average molecular weight is 379 g/mol. The molecule has 0 saturated carbocycles. The fourth-order valence-electron chi connectivity index (χ4n) is 2.40. The Kier molecular flexibility index (Phi) is 4.91. The third-order valence-corrected chi connectivity index (χ3v) is 4.73. The van der Waals surface area contributed by atoms with Crippen LogP contribution in [0.5, 0.6) is 11.5 Å². The zero-order chi connectivity index (χ0) is 18.9. The summed E-state index contributed by atoms with van der Waals surface area (Å²) in [6.07, 6.45) is -4.38. The van der Waals surface area contributed by atoms with E-state index in [2.05, 4.69) is 5.32 Å². The Morgan fingerprint density at radius 1 is 1.12 bits per heavy atom. The molecule has 1 amide bonds. The van der Waals surface area contributed by atoms with Gasteiger partial charge in [-0.2, -0.15) is 13.2 Å². The molecule has 1 aromatic heterocycles. The number of rotatable bonds is 4. The van der Waals surface area contributed by atoms with Crippen LogP contribution >= 0.6 is 11.3 Å². The van der Waals surface area contributed by atoms with E-state index in [4.69, 9.17) is 4.74 Å². The summed E-state index contributed by atoms with van der Waals surface area (Å²) in [7, 11) is 0. The van der Waals surface area contributed by atoms with E-state index < -0.39 is 11.7 Å². The summed E-state index contributed by atoms with van der Waals surface area (Å²) < 4.78 is 44.4. The van der Waals surface area contributed by atoms with Gasteiger partial charge >= 0.3 is 6.18 Å². The molecule has 0 saturated heterocycles. The van der Waals surface area contributed by atoms with Gasteiger partial charge in [0.25, 0.3) is 5.91 Å². The molecule has 3 aromatic rings. The second-order valence-electron chi connectivity index (χ2n) is 6.04. The minimum atomic E-state index is -4.38. The predicted octanol–water partition coefficient (Wildman–Crippen LogP) is 5.85. The maximum atomic E-state index is 12.6. The van der Waals surface area contributed by atoms with Crippen molar-refractivity contribution in [3.8, 4) is 11.5 Å². The Bertz CT molecular complexity index is 930. The van der Waals surface area contributed by atoms with Gasteiger partial charge in [-0.05, 0) is 55.6 Å². The predicted molar refractivity (Wildman–Crippen MR) is 95.9 cm³/mol. The molecule has 7 heteroatoms. The van der Waals surface area contributed by atoms with Gasteiger partial charge in [0.05, 0.1) is 15.1 Å². The number of ether oxygens (including phenoxy) is 1. The molecule has 0 spiro atoms.